The molecule has 0 rings (SSSR count). The van der Waals surface area contributed by atoms with E-state index in [0.29, 0.717) is 18.7 Å². The second-order valence-electron chi connectivity index (χ2n) is 2.85. The van der Waals surface area contributed by atoms with Gasteiger partial charge in [0.2, 0.25) is 0 Å². The van der Waals surface area contributed by atoms with Gasteiger partial charge in [-0.15, -0.1) is 0 Å². The van der Waals surface area contributed by atoms with Crippen LogP contribution in [0.15, 0.2) is 12.2 Å². The quantitative estimate of drug-likeness (QED) is 0.357. The Balaban J connectivity index is 3.39. The second-order valence-corrected chi connectivity index (χ2v) is 2.85. The number of hydrogen-bond donors (Lipinski definition) is 1. The maximum atomic E-state index is 11.1. The molecule has 82 valence electrons. The molecule has 0 unspecified atom stereocenters. The molecule has 4 heteroatoms. The average molecular weight is 201 g/mol. The molecular weight excluding hydrogens is 182 g/mol. The zero-order chi connectivity index (χ0) is 10.8. The predicted octanol–water partition coefficient (Wildman–Crippen LogP) is 0.732. The van der Waals surface area contributed by atoms with Crippen LogP contribution in [0.5, 0.6) is 0 Å². The molecule has 14 heavy (non-hydrogen) atoms. The van der Waals surface area contributed by atoms with E-state index in [1.807, 2.05) is 0 Å². The fourth-order valence-corrected chi connectivity index (χ4v) is 0.886. The van der Waals surface area contributed by atoms with Crippen LogP contribution in [-0.4, -0.2) is 39.4 Å². The van der Waals surface area contributed by atoms with Gasteiger partial charge in [0.15, 0.2) is 0 Å². The van der Waals surface area contributed by atoms with E-state index in [-0.39, 0.29) is 5.97 Å². The van der Waals surface area contributed by atoms with Crippen molar-refractivity contribution in [3.05, 3.63) is 12.2 Å². The number of hydrogen-bond acceptors (Lipinski definition) is 4. The van der Waals surface area contributed by atoms with Gasteiger partial charge in [-0.3, -0.25) is 0 Å². The largest absolute Gasteiger partial charge is 0.463 e. The summed E-state index contributed by atoms with van der Waals surface area (Å²) < 4.78 is 9.66. The minimum Gasteiger partial charge on any atom is -0.463 e. The highest BCUT2D eigenvalue weighted by Gasteiger charge is 2.05. The van der Waals surface area contributed by atoms with E-state index in [1.54, 1.807) is 14.0 Å². The molecule has 0 aromatic heterocycles. The monoisotopic (exact) mass is 201 g/mol. The topological polar surface area (TPSA) is 47.6 Å². The molecule has 0 radical (unpaired) electrons. The first-order valence-electron chi connectivity index (χ1n) is 4.77. The molecule has 1 N–H and O–H groups in total. The van der Waals surface area contributed by atoms with Gasteiger partial charge in [0.25, 0.3) is 0 Å². The molecule has 0 aromatic rings. The Labute approximate surface area is 85.3 Å². The molecule has 0 aliphatic rings. The van der Waals surface area contributed by atoms with Gasteiger partial charge in [0, 0.05) is 25.8 Å². The number of ether oxygens (including phenoxy) is 2. The third-order valence-corrected chi connectivity index (χ3v) is 1.60. The van der Waals surface area contributed by atoms with Crippen LogP contribution in [0.3, 0.4) is 0 Å². The van der Waals surface area contributed by atoms with Crippen LogP contribution in [0.25, 0.3) is 0 Å². The van der Waals surface area contributed by atoms with E-state index in [0.717, 1.165) is 19.6 Å². The van der Waals surface area contributed by atoms with Crippen LogP contribution < -0.4 is 5.32 Å². The standard InChI is InChI=1S/C10H19NO3/c1-4-14-10(12)9(2)8-11-6-5-7-13-3/h11H,2,4-8H2,1,3H3. The smallest absolute Gasteiger partial charge is 0.334 e. The van der Waals surface area contributed by atoms with E-state index in [2.05, 4.69) is 11.9 Å². The van der Waals surface area contributed by atoms with Crippen molar-refractivity contribution < 1.29 is 14.3 Å². The summed E-state index contributed by atoms with van der Waals surface area (Å²) in [7, 11) is 1.66. The van der Waals surface area contributed by atoms with Crippen LogP contribution in [0.1, 0.15) is 13.3 Å². The lowest BCUT2D eigenvalue weighted by molar-refractivity contribution is -0.138. The Morgan fingerprint density at radius 3 is 2.79 bits per heavy atom. The SMILES string of the molecule is C=C(CNCCCOC)C(=O)OCC. The van der Waals surface area contributed by atoms with Gasteiger partial charge in [-0.1, -0.05) is 6.58 Å². The van der Waals surface area contributed by atoms with Crippen molar-refractivity contribution in [3.8, 4) is 0 Å². The first-order valence-corrected chi connectivity index (χ1v) is 4.77. The van der Waals surface area contributed by atoms with E-state index in [4.69, 9.17) is 9.47 Å². The van der Waals surface area contributed by atoms with E-state index in [9.17, 15) is 4.79 Å². The number of carbonyl (C=O) groups excluding carboxylic acids is 1. The lowest BCUT2D eigenvalue weighted by Gasteiger charge is -2.06. The van der Waals surface area contributed by atoms with Crippen molar-refractivity contribution in [1.82, 2.24) is 5.32 Å². The van der Waals surface area contributed by atoms with Crippen LogP contribution in [0.2, 0.25) is 0 Å². The van der Waals surface area contributed by atoms with Gasteiger partial charge in [0.05, 0.1) is 6.61 Å². The predicted molar refractivity (Wildman–Crippen MR) is 55.1 cm³/mol. The van der Waals surface area contributed by atoms with Gasteiger partial charge in [-0.25, -0.2) is 4.79 Å². The Morgan fingerprint density at radius 1 is 1.50 bits per heavy atom. The Kier molecular flexibility index (Phi) is 8.17. The van der Waals surface area contributed by atoms with Crippen molar-refractivity contribution in [3.63, 3.8) is 0 Å². The fraction of sp³-hybridized carbons (Fsp3) is 0.700. The van der Waals surface area contributed by atoms with Crippen LogP contribution >= 0.6 is 0 Å². The van der Waals surface area contributed by atoms with Gasteiger partial charge in [0.1, 0.15) is 0 Å². The first-order chi connectivity index (χ1) is 6.72. The third-order valence-electron chi connectivity index (χ3n) is 1.60. The molecule has 4 nitrogen and oxygen atoms in total. The van der Waals surface area contributed by atoms with Crippen LogP contribution in [-0.2, 0) is 14.3 Å². The molecule has 0 aliphatic carbocycles. The van der Waals surface area contributed by atoms with E-state index >= 15 is 0 Å². The molecular formula is C10H19NO3. The van der Waals surface area contributed by atoms with E-state index < -0.39 is 0 Å². The van der Waals surface area contributed by atoms with Crippen LogP contribution in [0, 0.1) is 0 Å². The molecule has 0 aromatic carbocycles. The molecule has 0 fully saturated rings. The molecule has 0 saturated carbocycles. The number of esters is 1. The zero-order valence-corrected chi connectivity index (χ0v) is 8.97. The molecule has 0 saturated heterocycles. The van der Waals surface area contributed by atoms with Crippen molar-refractivity contribution >= 4 is 5.97 Å². The maximum Gasteiger partial charge on any atom is 0.334 e. The highest BCUT2D eigenvalue weighted by Crippen LogP contribution is 1.92. The lowest BCUT2D eigenvalue weighted by Crippen LogP contribution is -2.23. The van der Waals surface area contributed by atoms with Gasteiger partial charge in [-0.2, -0.15) is 0 Å². The lowest BCUT2D eigenvalue weighted by atomic mass is 10.3. The van der Waals surface area contributed by atoms with Gasteiger partial charge < -0.3 is 14.8 Å². The summed E-state index contributed by atoms with van der Waals surface area (Å²) in [6, 6.07) is 0. The molecule has 0 spiro atoms. The van der Waals surface area contributed by atoms with E-state index in [1.165, 1.54) is 0 Å². The summed E-state index contributed by atoms with van der Waals surface area (Å²) in [4.78, 5) is 11.1. The molecule has 0 atom stereocenters. The number of nitrogens with one attached hydrogen (secondary N) is 1. The summed E-state index contributed by atoms with van der Waals surface area (Å²) in [5.74, 6) is -0.327. The molecule has 0 heterocycles. The molecule has 0 bridgehead atoms. The zero-order valence-electron chi connectivity index (χ0n) is 8.97. The second kappa shape index (κ2) is 8.72. The highest BCUT2D eigenvalue weighted by atomic mass is 16.5. The summed E-state index contributed by atoms with van der Waals surface area (Å²) in [5, 5.41) is 3.08. The first kappa shape index (κ1) is 13.1. The average Bonchev–Trinajstić information content (AvgIpc) is 2.17. The van der Waals surface area contributed by atoms with Crippen molar-refractivity contribution in [2.75, 3.05) is 33.4 Å². The summed E-state index contributed by atoms with van der Waals surface area (Å²) in [5.41, 5.74) is 0.462. The Hall–Kier alpha value is -0.870. The Morgan fingerprint density at radius 2 is 2.21 bits per heavy atom. The summed E-state index contributed by atoms with van der Waals surface area (Å²) >= 11 is 0. The minimum atomic E-state index is -0.327. The van der Waals surface area contributed by atoms with Gasteiger partial charge >= 0.3 is 5.97 Å². The number of rotatable bonds is 8. The summed E-state index contributed by atoms with van der Waals surface area (Å²) in [6.45, 7) is 7.80. The number of carbonyl (C=O) groups is 1. The number of methoxy groups -OCH3 is 1. The van der Waals surface area contributed by atoms with Gasteiger partial charge in [-0.05, 0) is 19.9 Å². The van der Waals surface area contributed by atoms with Crippen molar-refractivity contribution in [2.45, 2.75) is 13.3 Å². The highest BCUT2D eigenvalue weighted by molar-refractivity contribution is 5.88. The van der Waals surface area contributed by atoms with Crippen molar-refractivity contribution in [1.29, 1.82) is 0 Å². The Bertz CT molecular complexity index is 180. The fourth-order valence-electron chi connectivity index (χ4n) is 0.886. The van der Waals surface area contributed by atoms with Crippen molar-refractivity contribution in [2.24, 2.45) is 0 Å². The third kappa shape index (κ3) is 6.62. The van der Waals surface area contributed by atoms with Crippen LogP contribution in [0.4, 0.5) is 0 Å². The molecule has 0 amide bonds. The normalized spacial score (nSPS) is 9.86. The minimum absolute atomic E-state index is 0.327. The maximum absolute atomic E-state index is 11.1. The summed E-state index contributed by atoms with van der Waals surface area (Å²) in [6.07, 6.45) is 0.923. The molecule has 0 aliphatic heterocycles.